The van der Waals surface area contributed by atoms with Gasteiger partial charge in [0.2, 0.25) is 0 Å². The van der Waals surface area contributed by atoms with Crippen molar-refractivity contribution in [2.24, 2.45) is 0 Å². The molecule has 5 heteroatoms. The Morgan fingerprint density at radius 3 is 2.45 bits per heavy atom. The fraction of sp³-hybridized carbons (Fsp3) is 0. The summed E-state index contributed by atoms with van der Waals surface area (Å²) < 4.78 is 12.8. The molecule has 1 atom stereocenters. The van der Waals surface area contributed by atoms with Crippen LogP contribution in [0.2, 0.25) is 0 Å². The van der Waals surface area contributed by atoms with Gasteiger partial charge in [0.1, 0.15) is 5.82 Å². The molecule has 0 aliphatic heterocycles. The van der Waals surface area contributed by atoms with Crippen LogP contribution in [0.4, 0.5) is 4.39 Å². The number of hydrogen-bond donors (Lipinski definition) is 2. The van der Waals surface area contributed by atoms with Gasteiger partial charge in [0.15, 0.2) is 0 Å². The summed E-state index contributed by atoms with van der Waals surface area (Å²) in [6, 6.07) is 4.14. The van der Waals surface area contributed by atoms with E-state index >= 15 is 0 Å². The maximum absolute atomic E-state index is 12.8. The van der Waals surface area contributed by atoms with Gasteiger partial charge in [-0.2, -0.15) is 0 Å². The minimum absolute atomic E-state index is 0.101. The van der Waals surface area contributed by atoms with Crippen LogP contribution < -0.4 is 10.8 Å². The van der Waals surface area contributed by atoms with E-state index in [1.54, 1.807) is 6.07 Å². The highest BCUT2D eigenvalue weighted by Gasteiger charge is 2.15. The first-order chi connectivity index (χ1) is 5.11. The molecular weight excluding hydrogens is 165 g/mol. The Morgan fingerprint density at radius 1 is 1.36 bits per heavy atom. The molecule has 0 aromatic heterocycles. The van der Waals surface area contributed by atoms with Gasteiger partial charge >= 0.3 is 7.12 Å². The summed E-state index contributed by atoms with van der Waals surface area (Å²) in [6.45, 7) is 0. The third kappa shape index (κ3) is 1.99. The van der Waals surface area contributed by atoms with E-state index in [0.29, 0.717) is 5.30 Å². The fourth-order valence-electron chi connectivity index (χ4n) is 0.753. The number of rotatable bonds is 1. The van der Waals surface area contributed by atoms with E-state index in [1.165, 1.54) is 12.1 Å². The molecule has 0 spiro atoms. The minimum Gasteiger partial charge on any atom is -0.423 e. The molecule has 0 aliphatic carbocycles. The van der Waals surface area contributed by atoms with Gasteiger partial charge in [-0.3, -0.25) is 0 Å². The predicted molar refractivity (Wildman–Crippen MR) is 45.6 cm³/mol. The lowest BCUT2D eigenvalue weighted by molar-refractivity contribution is 0.423. The molecule has 1 rings (SSSR count). The molecule has 0 saturated carbocycles. The quantitative estimate of drug-likeness (QED) is 0.421. The monoisotopic (exact) mass is 172 g/mol. The molecule has 1 unspecified atom stereocenters. The molecule has 58 valence electrons. The molecule has 1 aromatic rings. The van der Waals surface area contributed by atoms with Gasteiger partial charge in [0.05, 0.1) is 0 Å². The summed E-state index contributed by atoms with van der Waals surface area (Å²) in [6.07, 6.45) is 0. The van der Waals surface area contributed by atoms with Crippen molar-refractivity contribution in [3.8, 4) is 0 Å². The fourth-order valence-corrected chi connectivity index (χ4v) is 0.995. The van der Waals surface area contributed by atoms with E-state index in [4.69, 9.17) is 10.0 Å². The molecule has 0 saturated heterocycles. The highest BCUT2D eigenvalue weighted by atomic mass is 31.0. The highest BCUT2D eigenvalue weighted by Crippen LogP contribution is 1.94. The molecule has 11 heavy (non-hydrogen) atoms. The second kappa shape index (κ2) is 3.31. The van der Waals surface area contributed by atoms with Crippen molar-refractivity contribution in [1.29, 1.82) is 0 Å². The second-order valence-electron chi connectivity index (χ2n) is 2.15. The van der Waals surface area contributed by atoms with E-state index in [0.717, 1.165) is 0 Å². The van der Waals surface area contributed by atoms with Gasteiger partial charge in [-0.15, -0.1) is 9.24 Å². The molecular formula is C6H7BFO2P. The van der Waals surface area contributed by atoms with Crippen LogP contribution in [0.15, 0.2) is 18.2 Å². The van der Waals surface area contributed by atoms with E-state index in [2.05, 4.69) is 9.24 Å². The van der Waals surface area contributed by atoms with E-state index in [-0.39, 0.29) is 5.46 Å². The van der Waals surface area contributed by atoms with Gasteiger partial charge in [0, 0.05) is 5.46 Å². The third-order valence-corrected chi connectivity index (χ3v) is 1.66. The van der Waals surface area contributed by atoms with Crippen molar-refractivity contribution in [2.75, 3.05) is 0 Å². The average molecular weight is 172 g/mol. The van der Waals surface area contributed by atoms with Crippen LogP contribution in [0.5, 0.6) is 0 Å². The SMILES string of the molecule is OB(O)c1ccc(P)cc1F. The van der Waals surface area contributed by atoms with Gasteiger partial charge in [-0.1, -0.05) is 12.1 Å². The smallest absolute Gasteiger partial charge is 0.423 e. The Kier molecular flexibility index (Phi) is 2.60. The lowest BCUT2D eigenvalue weighted by atomic mass is 9.80. The van der Waals surface area contributed by atoms with Crippen LogP contribution >= 0.6 is 9.24 Å². The first-order valence-electron chi connectivity index (χ1n) is 3.02. The van der Waals surface area contributed by atoms with Crippen molar-refractivity contribution in [1.82, 2.24) is 0 Å². The second-order valence-corrected chi connectivity index (χ2v) is 2.82. The van der Waals surface area contributed by atoms with Gasteiger partial charge in [0.25, 0.3) is 0 Å². The Labute approximate surface area is 66.4 Å². The predicted octanol–water partition coefficient (Wildman–Crippen LogP) is -0.994. The van der Waals surface area contributed by atoms with Crippen LogP contribution in [0.1, 0.15) is 0 Å². The highest BCUT2D eigenvalue weighted by molar-refractivity contribution is 7.27. The number of benzene rings is 1. The molecule has 0 radical (unpaired) electrons. The largest absolute Gasteiger partial charge is 0.491 e. The number of hydrogen-bond acceptors (Lipinski definition) is 2. The zero-order chi connectivity index (χ0) is 8.43. The first kappa shape index (κ1) is 8.66. The van der Waals surface area contributed by atoms with Crippen molar-refractivity contribution < 1.29 is 14.4 Å². The maximum atomic E-state index is 12.8. The van der Waals surface area contributed by atoms with E-state index in [1.807, 2.05) is 0 Å². The summed E-state index contributed by atoms with van der Waals surface area (Å²) in [4.78, 5) is 0. The van der Waals surface area contributed by atoms with Gasteiger partial charge < -0.3 is 10.0 Å². The molecule has 0 bridgehead atoms. The third-order valence-electron chi connectivity index (χ3n) is 1.30. The maximum Gasteiger partial charge on any atom is 0.491 e. The summed E-state index contributed by atoms with van der Waals surface area (Å²) >= 11 is 0. The molecule has 0 amide bonds. The van der Waals surface area contributed by atoms with E-state index < -0.39 is 12.9 Å². The average Bonchev–Trinajstić information content (AvgIpc) is 1.85. The zero-order valence-corrected chi connectivity index (χ0v) is 6.81. The summed E-state index contributed by atoms with van der Waals surface area (Å²) in [7, 11) is 0.579. The lowest BCUT2D eigenvalue weighted by Gasteiger charge is -2.00. The van der Waals surface area contributed by atoms with Crippen LogP contribution in [-0.4, -0.2) is 17.2 Å². The minimum atomic E-state index is -1.74. The molecule has 0 aliphatic rings. The normalized spacial score (nSPS) is 9.82. The molecule has 0 fully saturated rings. The Hall–Kier alpha value is -0.435. The topological polar surface area (TPSA) is 40.5 Å². The summed E-state index contributed by atoms with van der Waals surface area (Å²) in [5.74, 6) is -0.604. The molecule has 0 heterocycles. The molecule has 1 aromatic carbocycles. The first-order valence-corrected chi connectivity index (χ1v) is 3.60. The van der Waals surface area contributed by atoms with Gasteiger partial charge in [-0.25, -0.2) is 4.39 Å². The summed E-state index contributed by atoms with van der Waals surface area (Å²) in [5, 5.41) is 17.9. The van der Waals surface area contributed by atoms with Crippen LogP contribution in [0.3, 0.4) is 0 Å². The van der Waals surface area contributed by atoms with Crippen molar-refractivity contribution in [2.45, 2.75) is 0 Å². The lowest BCUT2D eigenvalue weighted by Crippen LogP contribution is -2.33. The van der Waals surface area contributed by atoms with E-state index in [9.17, 15) is 4.39 Å². The van der Waals surface area contributed by atoms with Crippen molar-refractivity contribution >= 4 is 27.1 Å². The zero-order valence-electron chi connectivity index (χ0n) is 5.66. The Balaban J connectivity index is 3.09. The number of halogens is 1. The summed E-state index contributed by atoms with van der Waals surface area (Å²) in [5.41, 5.74) is -0.101. The van der Waals surface area contributed by atoms with Crippen molar-refractivity contribution in [3.05, 3.63) is 24.0 Å². The molecule has 2 nitrogen and oxygen atoms in total. The molecule has 2 N–H and O–H groups in total. The Bertz CT molecular complexity index is 267. The van der Waals surface area contributed by atoms with Crippen LogP contribution in [0, 0.1) is 5.82 Å². The standard InChI is InChI=1S/C6H7BFO2P/c8-6-3-4(11)1-2-5(6)7(9)10/h1-3,9-10H,11H2. The van der Waals surface area contributed by atoms with Crippen LogP contribution in [-0.2, 0) is 0 Å². The van der Waals surface area contributed by atoms with Gasteiger partial charge in [-0.05, 0) is 11.4 Å². The van der Waals surface area contributed by atoms with Crippen molar-refractivity contribution in [3.63, 3.8) is 0 Å². The van der Waals surface area contributed by atoms with Crippen LogP contribution in [0.25, 0.3) is 0 Å². The Morgan fingerprint density at radius 2 is 2.00 bits per heavy atom.